The molecule has 104 valence electrons. The average Bonchev–Trinajstić information content (AvgIpc) is 2.97. The van der Waals surface area contributed by atoms with Crippen LogP contribution >= 0.6 is 0 Å². The number of rotatable bonds is 6. The summed E-state index contributed by atoms with van der Waals surface area (Å²) in [5.74, 6) is 0.926. The number of anilines is 1. The van der Waals surface area contributed by atoms with Gasteiger partial charge in [0.15, 0.2) is 0 Å². The standard InChI is InChI=1S/C14H21N3O2/c1-2-19-11-14(18)16-10-12-5-6-15-13(9-12)17-7-3-4-8-17/h5-6,9H,2-4,7-8,10-11H2,1H3,(H,16,18). The molecule has 2 heterocycles. The van der Waals surface area contributed by atoms with Gasteiger partial charge in [-0.1, -0.05) is 0 Å². The molecule has 0 bridgehead atoms. The van der Waals surface area contributed by atoms with Crippen molar-refractivity contribution in [2.24, 2.45) is 0 Å². The van der Waals surface area contributed by atoms with Crippen LogP contribution in [0.25, 0.3) is 0 Å². The van der Waals surface area contributed by atoms with Crippen molar-refractivity contribution in [2.75, 3.05) is 31.2 Å². The Morgan fingerprint density at radius 3 is 3.00 bits per heavy atom. The summed E-state index contributed by atoms with van der Waals surface area (Å²) in [5.41, 5.74) is 1.07. The predicted molar refractivity (Wildman–Crippen MR) is 74.0 cm³/mol. The molecule has 0 unspecified atom stereocenters. The molecule has 0 aromatic carbocycles. The maximum absolute atomic E-state index is 11.5. The number of nitrogens with zero attached hydrogens (tertiary/aromatic N) is 2. The summed E-state index contributed by atoms with van der Waals surface area (Å²) >= 11 is 0. The summed E-state index contributed by atoms with van der Waals surface area (Å²) < 4.78 is 5.06. The Bertz CT molecular complexity index is 417. The molecule has 0 atom stereocenters. The van der Waals surface area contributed by atoms with Crippen LogP contribution in [0, 0.1) is 0 Å². The van der Waals surface area contributed by atoms with Gasteiger partial charge in [0.05, 0.1) is 0 Å². The predicted octanol–water partition coefficient (Wildman–Crippen LogP) is 1.33. The first-order chi connectivity index (χ1) is 9.29. The van der Waals surface area contributed by atoms with Crippen LogP contribution in [-0.2, 0) is 16.1 Å². The first-order valence-electron chi connectivity index (χ1n) is 6.84. The van der Waals surface area contributed by atoms with Crippen molar-refractivity contribution in [1.82, 2.24) is 10.3 Å². The van der Waals surface area contributed by atoms with Gasteiger partial charge in [-0.25, -0.2) is 4.98 Å². The minimum Gasteiger partial charge on any atom is -0.372 e. The van der Waals surface area contributed by atoms with Gasteiger partial charge in [0.2, 0.25) is 5.91 Å². The van der Waals surface area contributed by atoms with Gasteiger partial charge in [0, 0.05) is 32.4 Å². The first-order valence-corrected chi connectivity index (χ1v) is 6.84. The van der Waals surface area contributed by atoms with Gasteiger partial charge in [0.1, 0.15) is 12.4 Å². The quantitative estimate of drug-likeness (QED) is 0.841. The molecule has 5 nitrogen and oxygen atoms in total. The van der Waals surface area contributed by atoms with Gasteiger partial charge in [-0.3, -0.25) is 4.79 Å². The number of hydrogen-bond acceptors (Lipinski definition) is 4. The molecule has 1 fully saturated rings. The lowest BCUT2D eigenvalue weighted by atomic mass is 10.2. The number of carbonyl (C=O) groups is 1. The number of carbonyl (C=O) groups excluding carboxylic acids is 1. The van der Waals surface area contributed by atoms with E-state index in [9.17, 15) is 4.79 Å². The van der Waals surface area contributed by atoms with Gasteiger partial charge in [-0.2, -0.15) is 0 Å². The zero-order chi connectivity index (χ0) is 13.5. The van der Waals surface area contributed by atoms with Crippen molar-refractivity contribution < 1.29 is 9.53 Å². The lowest BCUT2D eigenvalue weighted by Crippen LogP contribution is -2.27. The minimum atomic E-state index is -0.0821. The summed E-state index contributed by atoms with van der Waals surface area (Å²) in [7, 11) is 0. The number of amides is 1. The Labute approximate surface area is 114 Å². The van der Waals surface area contributed by atoms with E-state index in [0.717, 1.165) is 24.5 Å². The van der Waals surface area contributed by atoms with Gasteiger partial charge in [-0.15, -0.1) is 0 Å². The Kier molecular flexibility index (Phi) is 5.15. The maximum Gasteiger partial charge on any atom is 0.246 e. The molecule has 5 heteroatoms. The SMILES string of the molecule is CCOCC(=O)NCc1ccnc(N2CCCC2)c1. The summed E-state index contributed by atoms with van der Waals surface area (Å²) in [4.78, 5) is 18.1. The van der Waals surface area contributed by atoms with E-state index >= 15 is 0 Å². The summed E-state index contributed by atoms with van der Waals surface area (Å²) in [6.45, 7) is 5.23. The molecule has 1 aliphatic heterocycles. The van der Waals surface area contributed by atoms with E-state index in [1.165, 1.54) is 12.8 Å². The zero-order valence-corrected chi connectivity index (χ0v) is 11.4. The van der Waals surface area contributed by atoms with Crippen LogP contribution in [0.5, 0.6) is 0 Å². The Hall–Kier alpha value is -1.62. The molecule has 2 rings (SSSR count). The average molecular weight is 263 g/mol. The first kappa shape index (κ1) is 13.8. The molecule has 0 aliphatic carbocycles. The number of hydrogen-bond donors (Lipinski definition) is 1. The molecule has 0 radical (unpaired) electrons. The van der Waals surface area contributed by atoms with E-state index < -0.39 is 0 Å². The van der Waals surface area contributed by atoms with Crippen LogP contribution in [0.1, 0.15) is 25.3 Å². The number of nitrogens with one attached hydrogen (secondary N) is 1. The van der Waals surface area contributed by atoms with Gasteiger partial charge < -0.3 is 15.0 Å². The highest BCUT2D eigenvalue weighted by Gasteiger charge is 2.13. The van der Waals surface area contributed by atoms with Crippen molar-refractivity contribution in [3.05, 3.63) is 23.9 Å². The van der Waals surface area contributed by atoms with Crippen LogP contribution < -0.4 is 10.2 Å². The van der Waals surface area contributed by atoms with Crippen LogP contribution in [-0.4, -0.2) is 37.2 Å². The second kappa shape index (κ2) is 7.09. The smallest absolute Gasteiger partial charge is 0.246 e. The molecule has 0 spiro atoms. The maximum atomic E-state index is 11.5. The van der Waals surface area contributed by atoms with Crippen LogP contribution in [0.15, 0.2) is 18.3 Å². The van der Waals surface area contributed by atoms with Gasteiger partial charge in [-0.05, 0) is 37.5 Å². The van der Waals surface area contributed by atoms with Gasteiger partial charge >= 0.3 is 0 Å². The third-order valence-corrected chi connectivity index (χ3v) is 3.17. The van der Waals surface area contributed by atoms with E-state index in [4.69, 9.17) is 4.74 Å². The largest absolute Gasteiger partial charge is 0.372 e. The number of aromatic nitrogens is 1. The fraction of sp³-hybridized carbons (Fsp3) is 0.571. The van der Waals surface area contributed by atoms with E-state index in [1.807, 2.05) is 19.1 Å². The fourth-order valence-electron chi connectivity index (χ4n) is 2.14. The topological polar surface area (TPSA) is 54.5 Å². The number of pyridine rings is 1. The normalized spacial score (nSPS) is 14.7. The monoisotopic (exact) mass is 263 g/mol. The highest BCUT2D eigenvalue weighted by molar-refractivity contribution is 5.77. The van der Waals surface area contributed by atoms with E-state index in [-0.39, 0.29) is 12.5 Å². The third kappa shape index (κ3) is 4.21. The van der Waals surface area contributed by atoms with Crippen LogP contribution in [0.4, 0.5) is 5.82 Å². The second-order valence-electron chi connectivity index (χ2n) is 4.63. The summed E-state index contributed by atoms with van der Waals surface area (Å²) in [6.07, 6.45) is 4.27. The molecule has 1 saturated heterocycles. The Morgan fingerprint density at radius 2 is 2.26 bits per heavy atom. The van der Waals surface area contributed by atoms with Crippen molar-refractivity contribution in [3.63, 3.8) is 0 Å². The highest BCUT2D eigenvalue weighted by Crippen LogP contribution is 2.18. The Morgan fingerprint density at radius 1 is 1.47 bits per heavy atom. The molecule has 1 amide bonds. The number of ether oxygens (including phenoxy) is 1. The third-order valence-electron chi connectivity index (χ3n) is 3.17. The van der Waals surface area contributed by atoms with Crippen LogP contribution in [0.2, 0.25) is 0 Å². The molecule has 1 aromatic rings. The molecule has 1 N–H and O–H groups in total. The van der Waals surface area contributed by atoms with Crippen molar-refractivity contribution in [1.29, 1.82) is 0 Å². The lowest BCUT2D eigenvalue weighted by molar-refractivity contribution is -0.125. The van der Waals surface area contributed by atoms with E-state index in [2.05, 4.69) is 15.2 Å². The van der Waals surface area contributed by atoms with Crippen molar-refractivity contribution in [3.8, 4) is 0 Å². The molecular weight excluding hydrogens is 242 g/mol. The molecule has 0 saturated carbocycles. The van der Waals surface area contributed by atoms with Crippen molar-refractivity contribution >= 4 is 11.7 Å². The van der Waals surface area contributed by atoms with Gasteiger partial charge in [0.25, 0.3) is 0 Å². The van der Waals surface area contributed by atoms with E-state index in [0.29, 0.717) is 13.2 Å². The van der Waals surface area contributed by atoms with Crippen LogP contribution in [0.3, 0.4) is 0 Å². The van der Waals surface area contributed by atoms with Crippen molar-refractivity contribution in [2.45, 2.75) is 26.3 Å². The molecule has 1 aromatic heterocycles. The molecule has 1 aliphatic rings. The summed E-state index contributed by atoms with van der Waals surface area (Å²) in [6, 6.07) is 3.98. The fourth-order valence-corrected chi connectivity index (χ4v) is 2.14. The zero-order valence-electron chi connectivity index (χ0n) is 11.4. The highest BCUT2D eigenvalue weighted by atomic mass is 16.5. The van der Waals surface area contributed by atoms with E-state index in [1.54, 1.807) is 6.20 Å². The lowest BCUT2D eigenvalue weighted by Gasteiger charge is -2.17. The molecule has 19 heavy (non-hydrogen) atoms. The minimum absolute atomic E-state index is 0.0821. The summed E-state index contributed by atoms with van der Waals surface area (Å²) in [5, 5.41) is 2.84. The second-order valence-corrected chi connectivity index (χ2v) is 4.63. The Balaban J connectivity index is 1.86. The molecular formula is C14H21N3O2.